The van der Waals surface area contributed by atoms with Crippen molar-refractivity contribution in [3.8, 4) is 0 Å². The van der Waals surface area contributed by atoms with Gasteiger partial charge >= 0.3 is 5.97 Å². The monoisotopic (exact) mass is 396 g/mol. The Hall–Kier alpha value is -2.73. The van der Waals surface area contributed by atoms with Gasteiger partial charge in [-0.15, -0.1) is 11.3 Å². The molecule has 1 unspecified atom stereocenters. The average molecular weight is 397 g/mol. The van der Waals surface area contributed by atoms with E-state index in [1.807, 2.05) is 32.0 Å². The molecule has 1 atom stereocenters. The molecule has 0 radical (unpaired) electrons. The molecule has 0 saturated heterocycles. The van der Waals surface area contributed by atoms with Crippen molar-refractivity contribution in [1.82, 2.24) is 10.3 Å². The number of carbonyl (C=O) groups excluding carboxylic acids is 1. The van der Waals surface area contributed by atoms with Gasteiger partial charge in [-0.25, -0.2) is 9.78 Å². The molecule has 1 amide bonds. The Kier molecular flexibility index (Phi) is 6.41. The number of fused-ring (bicyclic) bond motifs is 1. The Labute approximate surface area is 168 Å². The topological polar surface area (TPSA) is 79.3 Å². The van der Waals surface area contributed by atoms with Gasteiger partial charge in [0.05, 0.1) is 17.1 Å². The van der Waals surface area contributed by atoms with Crippen LogP contribution in [0.25, 0.3) is 10.8 Å². The lowest BCUT2D eigenvalue weighted by Crippen LogP contribution is -2.41. The predicted molar refractivity (Wildman–Crippen MR) is 112 cm³/mol. The first-order chi connectivity index (χ1) is 13.5. The van der Waals surface area contributed by atoms with Crippen LogP contribution in [0.15, 0.2) is 42.5 Å². The molecule has 0 aliphatic carbocycles. The molecule has 0 saturated carbocycles. The number of aromatic nitrogens is 1. The third kappa shape index (κ3) is 4.75. The summed E-state index contributed by atoms with van der Waals surface area (Å²) in [5.41, 5.74) is 2.04. The molecule has 0 aliphatic rings. The number of nitrogens with one attached hydrogen (secondary N) is 1. The van der Waals surface area contributed by atoms with E-state index in [0.717, 1.165) is 15.6 Å². The highest BCUT2D eigenvalue weighted by Gasteiger charge is 2.20. The molecule has 0 fully saturated rings. The number of rotatable bonds is 8. The highest BCUT2D eigenvalue weighted by Crippen LogP contribution is 2.25. The van der Waals surface area contributed by atoms with Crippen LogP contribution in [0.4, 0.5) is 0 Å². The molecule has 146 valence electrons. The number of amides is 1. The van der Waals surface area contributed by atoms with Crippen molar-refractivity contribution in [2.45, 2.75) is 45.6 Å². The molecule has 0 aliphatic heterocycles. The maximum absolute atomic E-state index is 12.3. The second-order valence-corrected chi connectivity index (χ2v) is 8.02. The number of carboxylic acid groups (broad SMARTS) is 1. The third-order valence-electron chi connectivity index (χ3n) is 4.69. The molecule has 3 aromatic rings. The number of nitrogens with zero attached hydrogens (tertiary/aromatic N) is 1. The lowest BCUT2D eigenvalue weighted by Gasteiger charge is -2.13. The first-order valence-corrected chi connectivity index (χ1v) is 10.2. The average Bonchev–Trinajstić information content (AvgIpc) is 3.00. The van der Waals surface area contributed by atoms with Crippen LogP contribution in [0.3, 0.4) is 0 Å². The van der Waals surface area contributed by atoms with Crippen molar-refractivity contribution in [3.05, 3.63) is 63.6 Å². The van der Waals surface area contributed by atoms with E-state index >= 15 is 0 Å². The van der Waals surface area contributed by atoms with E-state index in [1.54, 1.807) is 0 Å². The fourth-order valence-corrected chi connectivity index (χ4v) is 4.37. The Morgan fingerprint density at radius 3 is 2.68 bits per heavy atom. The van der Waals surface area contributed by atoms with Crippen molar-refractivity contribution >= 4 is 34.0 Å². The van der Waals surface area contributed by atoms with Gasteiger partial charge in [-0.2, -0.15) is 0 Å². The summed E-state index contributed by atoms with van der Waals surface area (Å²) in [5.74, 6) is -1.27. The lowest BCUT2D eigenvalue weighted by molar-refractivity contribution is -0.141. The van der Waals surface area contributed by atoms with Crippen molar-refractivity contribution in [3.63, 3.8) is 0 Å². The highest BCUT2D eigenvalue weighted by atomic mass is 32.1. The second-order valence-electron chi connectivity index (χ2n) is 6.86. The van der Waals surface area contributed by atoms with Crippen LogP contribution >= 0.6 is 11.3 Å². The molecule has 0 bridgehead atoms. The van der Waals surface area contributed by atoms with Crippen molar-refractivity contribution in [2.75, 3.05) is 0 Å². The molecular weight excluding hydrogens is 372 g/mol. The van der Waals surface area contributed by atoms with Crippen LogP contribution in [0, 0.1) is 6.92 Å². The van der Waals surface area contributed by atoms with Crippen molar-refractivity contribution in [1.29, 1.82) is 0 Å². The quantitative estimate of drug-likeness (QED) is 0.601. The minimum absolute atomic E-state index is 0.159. The van der Waals surface area contributed by atoms with Gasteiger partial charge in [-0.05, 0) is 29.7 Å². The molecule has 3 rings (SSSR count). The number of hydrogen-bond acceptors (Lipinski definition) is 4. The number of aliphatic carboxylic acids is 1. The minimum atomic E-state index is -0.993. The Morgan fingerprint density at radius 1 is 1.18 bits per heavy atom. The van der Waals surface area contributed by atoms with E-state index in [2.05, 4.69) is 34.6 Å². The summed E-state index contributed by atoms with van der Waals surface area (Å²) < 4.78 is 0. The second kappa shape index (κ2) is 8.97. The smallest absolute Gasteiger partial charge is 0.326 e. The van der Waals surface area contributed by atoms with Gasteiger partial charge in [0.1, 0.15) is 6.04 Å². The first kappa shape index (κ1) is 20.0. The fraction of sp³-hybridized carbons (Fsp3) is 0.318. The van der Waals surface area contributed by atoms with Gasteiger partial charge in [0.25, 0.3) is 0 Å². The largest absolute Gasteiger partial charge is 0.480 e. The van der Waals surface area contributed by atoms with Gasteiger partial charge < -0.3 is 10.4 Å². The Balaban J connectivity index is 1.72. The minimum Gasteiger partial charge on any atom is -0.480 e. The van der Waals surface area contributed by atoms with E-state index in [-0.39, 0.29) is 12.3 Å². The zero-order valence-electron chi connectivity index (χ0n) is 16.1. The fourth-order valence-electron chi connectivity index (χ4n) is 3.27. The Morgan fingerprint density at radius 2 is 1.93 bits per heavy atom. The number of benzene rings is 2. The van der Waals surface area contributed by atoms with Crippen LogP contribution < -0.4 is 5.32 Å². The van der Waals surface area contributed by atoms with Crippen LogP contribution in [-0.2, 0) is 22.4 Å². The summed E-state index contributed by atoms with van der Waals surface area (Å²) in [6.07, 6.45) is 2.00. The zero-order chi connectivity index (χ0) is 20.1. The number of carbonyl (C=O) groups is 2. The predicted octanol–water partition coefficient (Wildman–Crippen LogP) is 4.11. The van der Waals surface area contributed by atoms with Crippen molar-refractivity contribution < 1.29 is 14.7 Å². The third-order valence-corrected chi connectivity index (χ3v) is 5.85. The molecule has 1 aromatic heterocycles. The molecule has 2 aromatic carbocycles. The normalized spacial score (nSPS) is 12.1. The Bertz CT molecular complexity index is 991. The summed E-state index contributed by atoms with van der Waals surface area (Å²) in [6, 6.07) is 13.7. The van der Waals surface area contributed by atoms with Gasteiger partial charge in [0.2, 0.25) is 5.91 Å². The van der Waals surface area contributed by atoms with Crippen molar-refractivity contribution in [2.24, 2.45) is 0 Å². The summed E-state index contributed by atoms with van der Waals surface area (Å²) >= 11 is 1.52. The van der Waals surface area contributed by atoms with Gasteiger partial charge in [-0.3, -0.25) is 4.79 Å². The first-order valence-electron chi connectivity index (χ1n) is 9.42. The zero-order valence-corrected chi connectivity index (χ0v) is 16.9. The van der Waals surface area contributed by atoms with Gasteiger partial charge in [0.15, 0.2) is 0 Å². The SMILES string of the molecule is CCCC(NC(=O)Cc1sc(Cc2cccc3ccccc23)nc1C)C(=O)O. The summed E-state index contributed by atoms with van der Waals surface area (Å²) in [6.45, 7) is 3.79. The number of hydrogen-bond donors (Lipinski definition) is 2. The number of aryl methyl sites for hydroxylation is 1. The van der Waals surface area contributed by atoms with E-state index in [9.17, 15) is 14.7 Å². The van der Waals surface area contributed by atoms with E-state index in [1.165, 1.54) is 27.7 Å². The summed E-state index contributed by atoms with van der Waals surface area (Å²) in [5, 5.41) is 15.2. The maximum atomic E-state index is 12.3. The van der Waals surface area contributed by atoms with Crippen LogP contribution in [-0.4, -0.2) is 28.0 Å². The maximum Gasteiger partial charge on any atom is 0.326 e. The molecule has 5 nitrogen and oxygen atoms in total. The molecule has 6 heteroatoms. The van der Waals surface area contributed by atoms with E-state index in [0.29, 0.717) is 19.3 Å². The van der Waals surface area contributed by atoms with Crippen LogP contribution in [0.1, 0.15) is 40.9 Å². The molecular formula is C22H24N2O3S. The van der Waals surface area contributed by atoms with E-state index in [4.69, 9.17) is 0 Å². The van der Waals surface area contributed by atoms with Crippen LogP contribution in [0.2, 0.25) is 0 Å². The van der Waals surface area contributed by atoms with Gasteiger partial charge in [0, 0.05) is 11.3 Å². The van der Waals surface area contributed by atoms with E-state index < -0.39 is 12.0 Å². The molecule has 1 heterocycles. The number of thiazole rings is 1. The summed E-state index contributed by atoms with van der Waals surface area (Å²) in [4.78, 5) is 29.1. The number of carboxylic acids is 1. The molecule has 28 heavy (non-hydrogen) atoms. The standard InChI is InChI=1S/C22H24N2O3S/c1-3-7-18(22(26)27)24-20(25)13-19-14(2)23-21(28-19)12-16-10-6-9-15-8-4-5-11-17(15)16/h4-6,8-11,18H,3,7,12-13H2,1-2H3,(H,24,25)(H,26,27). The molecule has 2 N–H and O–H groups in total. The molecule has 0 spiro atoms. The lowest BCUT2D eigenvalue weighted by atomic mass is 10.0. The summed E-state index contributed by atoms with van der Waals surface area (Å²) in [7, 11) is 0. The highest BCUT2D eigenvalue weighted by molar-refractivity contribution is 7.11. The van der Waals surface area contributed by atoms with Gasteiger partial charge in [-0.1, -0.05) is 55.8 Å². The van der Waals surface area contributed by atoms with Crippen LogP contribution in [0.5, 0.6) is 0 Å².